The number of benzodiazepines with no additional fused rings is 1. The summed E-state index contributed by atoms with van der Waals surface area (Å²) in [4.78, 5) is 46.1. The predicted molar refractivity (Wildman–Crippen MR) is 157 cm³/mol. The fraction of sp³-hybridized carbons (Fsp3) is 0.233. The van der Waals surface area contributed by atoms with Crippen LogP contribution in [0, 0.1) is 12.7 Å². The minimum atomic E-state index is -1.52. The van der Waals surface area contributed by atoms with Crippen LogP contribution < -0.4 is 15.5 Å². The zero-order valence-corrected chi connectivity index (χ0v) is 23.9. The second-order valence-corrected chi connectivity index (χ2v) is 10.8. The number of amides is 3. The van der Waals surface area contributed by atoms with Crippen LogP contribution in [-0.4, -0.2) is 62.6 Å². The maximum Gasteiger partial charge on any atom is 0.326 e. The third-order valence-electron chi connectivity index (χ3n) is 6.36. The number of nitrogens with one attached hydrogen (secondary N) is 3. The van der Waals surface area contributed by atoms with Gasteiger partial charge < -0.3 is 15.4 Å². The molecule has 1 aliphatic rings. The molecular formula is C30H29FN8O4. The van der Waals surface area contributed by atoms with Crippen molar-refractivity contribution in [2.45, 2.75) is 39.5 Å². The van der Waals surface area contributed by atoms with Crippen LogP contribution in [0.3, 0.4) is 0 Å². The van der Waals surface area contributed by atoms with Crippen LogP contribution >= 0.6 is 0 Å². The number of benzene rings is 3. The van der Waals surface area contributed by atoms with E-state index in [0.717, 1.165) is 0 Å². The number of aryl methyl sites for hydroxylation is 1. The molecule has 1 aromatic heterocycles. The SMILES string of the molecule is Cc1cccc2c1N(CC(=O)OC(C)(C)C)C(=O)[C@H](NC(=O)Nc1cccc(-c3nnn[nH]3)c1)N=C2c1ccccc1F. The lowest BCUT2D eigenvalue weighted by Crippen LogP contribution is -2.50. The van der Waals surface area contributed by atoms with Gasteiger partial charge in [-0.15, -0.1) is 5.10 Å². The molecule has 13 heteroatoms. The monoisotopic (exact) mass is 584 g/mol. The second kappa shape index (κ2) is 11.8. The Labute approximate surface area is 246 Å². The van der Waals surface area contributed by atoms with Crippen molar-refractivity contribution in [3.05, 3.63) is 89.2 Å². The van der Waals surface area contributed by atoms with Crippen LogP contribution in [-0.2, 0) is 14.3 Å². The number of hydrogen-bond acceptors (Lipinski definition) is 8. The first-order chi connectivity index (χ1) is 20.5. The van der Waals surface area contributed by atoms with E-state index in [1.807, 2.05) is 0 Å². The van der Waals surface area contributed by atoms with E-state index < -0.39 is 42.0 Å². The van der Waals surface area contributed by atoms with E-state index in [4.69, 9.17) is 4.74 Å². The summed E-state index contributed by atoms with van der Waals surface area (Å²) >= 11 is 0. The van der Waals surface area contributed by atoms with Crippen molar-refractivity contribution in [2.24, 2.45) is 4.99 Å². The fourth-order valence-corrected chi connectivity index (χ4v) is 4.66. The summed E-state index contributed by atoms with van der Waals surface area (Å²) in [6.45, 7) is 6.47. The molecule has 12 nitrogen and oxygen atoms in total. The van der Waals surface area contributed by atoms with E-state index in [0.29, 0.717) is 33.9 Å². The molecule has 3 amide bonds. The van der Waals surface area contributed by atoms with Gasteiger partial charge in [-0.1, -0.05) is 42.5 Å². The molecule has 0 bridgehead atoms. The van der Waals surface area contributed by atoms with E-state index in [9.17, 15) is 14.4 Å². The van der Waals surface area contributed by atoms with Crippen LogP contribution in [0.2, 0.25) is 0 Å². The highest BCUT2D eigenvalue weighted by Gasteiger charge is 2.36. The van der Waals surface area contributed by atoms with Crippen LogP contribution in [0.1, 0.15) is 37.5 Å². The lowest BCUT2D eigenvalue weighted by Gasteiger charge is -2.28. The molecule has 0 aliphatic carbocycles. The van der Waals surface area contributed by atoms with E-state index in [1.165, 1.54) is 17.0 Å². The molecule has 1 atom stereocenters. The molecule has 220 valence electrons. The number of para-hydroxylation sites is 1. The Kier molecular flexibility index (Phi) is 7.97. The first kappa shape index (κ1) is 29.0. The number of carbonyl (C=O) groups is 3. The smallest absolute Gasteiger partial charge is 0.326 e. The molecule has 0 fully saturated rings. The van der Waals surface area contributed by atoms with E-state index in [1.54, 1.807) is 82.3 Å². The molecule has 4 aromatic rings. The van der Waals surface area contributed by atoms with Crippen LogP contribution in [0.4, 0.5) is 20.6 Å². The molecule has 43 heavy (non-hydrogen) atoms. The summed E-state index contributed by atoms with van der Waals surface area (Å²) < 4.78 is 20.7. The van der Waals surface area contributed by atoms with Crippen LogP contribution in [0.5, 0.6) is 0 Å². The second-order valence-electron chi connectivity index (χ2n) is 10.8. The van der Waals surface area contributed by atoms with Gasteiger partial charge in [0.15, 0.2) is 5.82 Å². The van der Waals surface area contributed by atoms with Gasteiger partial charge in [0.2, 0.25) is 6.17 Å². The largest absolute Gasteiger partial charge is 0.459 e. The lowest BCUT2D eigenvalue weighted by atomic mass is 9.97. The number of rotatable bonds is 6. The molecule has 3 N–H and O–H groups in total. The number of hydrogen-bond donors (Lipinski definition) is 3. The quantitative estimate of drug-likeness (QED) is 0.290. The van der Waals surface area contributed by atoms with Gasteiger partial charge in [-0.05, 0) is 68.0 Å². The molecule has 5 rings (SSSR count). The van der Waals surface area contributed by atoms with Crippen molar-refractivity contribution < 1.29 is 23.5 Å². The Morgan fingerprint density at radius 3 is 2.51 bits per heavy atom. The summed E-state index contributed by atoms with van der Waals surface area (Å²) in [5, 5.41) is 18.9. The number of ether oxygens (including phenoxy) is 1. The number of carbonyl (C=O) groups excluding carboxylic acids is 3. The van der Waals surface area contributed by atoms with Crippen LogP contribution in [0.25, 0.3) is 11.4 Å². The Morgan fingerprint density at radius 1 is 1.05 bits per heavy atom. The van der Waals surface area contributed by atoms with Gasteiger partial charge in [0.25, 0.3) is 5.91 Å². The number of urea groups is 1. The maximum absolute atomic E-state index is 15.2. The molecule has 0 spiro atoms. The Bertz CT molecular complexity index is 1720. The third-order valence-corrected chi connectivity index (χ3v) is 6.36. The maximum atomic E-state index is 15.2. The average Bonchev–Trinajstić information content (AvgIpc) is 3.46. The van der Waals surface area contributed by atoms with Gasteiger partial charge in [-0.3, -0.25) is 14.5 Å². The normalized spacial score (nSPS) is 14.8. The molecular weight excluding hydrogens is 555 g/mol. The Hall–Kier alpha value is -5.46. The van der Waals surface area contributed by atoms with Gasteiger partial charge >= 0.3 is 12.0 Å². The number of anilines is 2. The summed E-state index contributed by atoms with van der Waals surface area (Å²) in [6, 6.07) is 17.2. The minimum Gasteiger partial charge on any atom is -0.459 e. The predicted octanol–water partition coefficient (Wildman–Crippen LogP) is 3.99. The summed E-state index contributed by atoms with van der Waals surface area (Å²) in [7, 11) is 0. The zero-order valence-electron chi connectivity index (χ0n) is 23.9. The molecule has 0 unspecified atom stereocenters. The highest BCUT2D eigenvalue weighted by molar-refractivity contribution is 6.21. The van der Waals surface area contributed by atoms with Gasteiger partial charge in [0, 0.05) is 22.4 Å². The Balaban J connectivity index is 1.53. The van der Waals surface area contributed by atoms with Crippen molar-refractivity contribution in [2.75, 3.05) is 16.8 Å². The number of nitrogens with zero attached hydrogens (tertiary/aromatic N) is 5. The van der Waals surface area contributed by atoms with Gasteiger partial charge in [-0.25, -0.2) is 19.3 Å². The summed E-state index contributed by atoms with van der Waals surface area (Å²) in [5.74, 6) is -1.53. The molecule has 2 heterocycles. The summed E-state index contributed by atoms with van der Waals surface area (Å²) in [5.41, 5.74) is 1.88. The van der Waals surface area contributed by atoms with Crippen molar-refractivity contribution in [1.29, 1.82) is 0 Å². The lowest BCUT2D eigenvalue weighted by molar-refractivity contribution is -0.153. The molecule has 0 radical (unpaired) electrons. The molecule has 0 saturated heterocycles. The van der Waals surface area contributed by atoms with Gasteiger partial charge in [-0.2, -0.15) is 0 Å². The standard InChI is InChI=1S/C30H29FN8O4/c1-17-9-7-13-21-24(20-12-5-6-14-22(20)31)33-27(28(41)39(25(17)21)16-23(40)43-30(2,3)4)34-29(42)32-19-11-8-10-18(15-19)26-35-37-38-36-26/h5-15,27H,16H2,1-4H3,(H2,32,34,42)(H,35,36,37,38)/t27-/m0/s1. The molecule has 3 aromatic carbocycles. The minimum absolute atomic E-state index is 0.127. The third kappa shape index (κ3) is 6.56. The molecule has 0 saturated carbocycles. The van der Waals surface area contributed by atoms with Crippen molar-refractivity contribution in [3.63, 3.8) is 0 Å². The number of halogens is 1. The van der Waals surface area contributed by atoms with E-state index in [-0.39, 0.29) is 11.3 Å². The van der Waals surface area contributed by atoms with Gasteiger partial charge in [0.05, 0.1) is 11.4 Å². The van der Waals surface area contributed by atoms with Crippen LogP contribution in [0.15, 0.2) is 71.7 Å². The number of aromatic nitrogens is 4. The number of fused-ring (bicyclic) bond motifs is 1. The van der Waals surface area contributed by atoms with Crippen molar-refractivity contribution >= 4 is 35.0 Å². The van der Waals surface area contributed by atoms with Gasteiger partial charge in [0.1, 0.15) is 18.0 Å². The Morgan fingerprint density at radius 2 is 1.79 bits per heavy atom. The number of aromatic amines is 1. The number of esters is 1. The highest BCUT2D eigenvalue weighted by atomic mass is 19.1. The summed E-state index contributed by atoms with van der Waals surface area (Å²) in [6.07, 6.45) is -1.52. The van der Waals surface area contributed by atoms with Crippen molar-refractivity contribution in [3.8, 4) is 11.4 Å². The number of aliphatic imine (C=N–C) groups is 1. The molecule has 1 aliphatic heterocycles. The fourth-order valence-electron chi connectivity index (χ4n) is 4.66. The van der Waals surface area contributed by atoms with Crippen molar-refractivity contribution in [1.82, 2.24) is 25.9 Å². The number of H-pyrrole nitrogens is 1. The average molecular weight is 585 g/mol. The first-order valence-electron chi connectivity index (χ1n) is 13.4. The van der Waals surface area contributed by atoms with E-state index >= 15 is 4.39 Å². The highest BCUT2D eigenvalue weighted by Crippen LogP contribution is 2.32. The number of tetrazole rings is 1. The topological polar surface area (TPSA) is 155 Å². The first-order valence-corrected chi connectivity index (χ1v) is 13.4. The van der Waals surface area contributed by atoms with E-state index in [2.05, 4.69) is 36.3 Å². The zero-order chi connectivity index (χ0) is 30.7.